The molecule has 2 unspecified atom stereocenters. The molecule has 0 bridgehead atoms. The highest BCUT2D eigenvalue weighted by atomic mass is 35.5. The number of hydrogen-bond donors (Lipinski definition) is 0. The first-order valence-electron chi connectivity index (χ1n) is 10.4. The van der Waals surface area contributed by atoms with Gasteiger partial charge in [-0.3, -0.25) is 14.6 Å². The lowest BCUT2D eigenvalue weighted by atomic mass is 9.71. The molecular weight excluding hydrogens is 433 g/mol. The van der Waals surface area contributed by atoms with Gasteiger partial charge < -0.3 is 4.74 Å². The van der Waals surface area contributed by atoms with Gasteiger partial charge in [0.15, 0.2) is 5.78 Å². The number of ether oxygens (including phenoxy) is 1. The molecule has 1 aliphatic carbocycles. The van der Waals surface area contributed by atoms with Gasteiger partial charge >= 0.3 is 5.97 Å². The third kappa shape index (κ3) is 4.60. The minimum atomic E-state index is -0.699. The highest BCUT2D eigenvalue weighted by Gasteiger charge is 2.43. The van der Waals surface area contributed by atoms with Crippen LogP contribution in [0.25, 0.3) is 0 Å². The normalized spacial score (nSPS) is 20.9. The summed E-state index contributed by atoms with van der Waals surface area (Å²) < 4.78 is 5.66. The van der Waals surface area contributed by atoms with Crippen molar-refractivity contribution >= 4 is 40.7 Å². The number of nitrogens with zero attached hydrogens (tertiary/aromatic N) is 1. The molecule has 2 aromatic rings. The third-order valence-corrected chi connectivity index (χ3v) is 6.43. The van der Waals surface area contributed by atoms with Crippen molar-refractivity contribution in [3.8, 4) is 0 Å². The van der Waals surface area contributed by atoms with Crippen molar-refractivity contribution in [3.05, 3.63) is 81.0 Å². The molecule has 0 saturated heterocycles. The van der Waals surface area contributed by atoms with Gasteiger partial charge in [0.2, 0.25) is 0 Å². The molecule has 0 aromatic heterocycles. The van der Waals surface area contributed by atoms with Gasteiger partial charge in [-0.2, -0.15) is 0 Å². The summed E-state index contributed by atoms with van der Waals surface area (Å²) in [6.45, 7) is 2.08. The summed E-state index contributed by atoms with van der Waals surface area (Å²) in [7, 11) is 0. The van der Waals surface area contributed by atoms with E-state index in [4.69, 9.17) is 27.9 Å². The third-order valence-electron chi connectivity index (χ3n) is 5.86. The number of halogens is 2. The van der Waals surface area contributed by atoms with E-state index < -0.39 is 17.8 Å². The Labute approximate surface area is 191 Å². The number of aliphatic imine (C=N–C) groups is 1. The van der Waals surface area contributed by atoms with Gasteiger partial charge in [0.05, 0.1) is 6.61 Å². The van der Waals surface area contributed by atoms with E-state index in [1.54, 1.807) is 18.2 Å². The fraction of sp³-hybridized carbons (Fsp3) is 0.320. The number of benzene rings is 2. The highest BCUT2D eigenvalue weighted by Crippen LogP contribution is 2.45. The smallest absolute Gasteiger partial charge is 0.315 e. The number of carbonyl (C=O) groups is 2. The second-order valence-corrected chi connectivity index (χ2v) is 8.76. The van der Waals surface area contributed by atoms with E-state index in [2.05, 4.69) is 4.99 Å². The van der Waals surface area contributed by atoms with E-state index in [0.29, 0.717) is 39.7 Å². The molecule has 160 valence electrons. The average Bonchev–Trinajstić information content (AvgIpc) is 2.74. The van der Waals surface area contributed by atoms with Crippen molar-refractivity contribution in [2.24, 2.45) is 10.9 Å². The van der Waals surface area contributed by atoms with Gasteiger partial charge in [-0.05, 0) is 43.0 Å². The average molecular weight is 456 g/mol. The van der Waals surface area contributed by atoms with Crippen LogP contribution in [-0.2, 0) is 20.7 Å². The predicted molar refractivity (Wildman–Crippen MR) is 123 cm³/mol. The predicted octanol–water partition coefficient (Wildman–Crippen LogP) is 5.96. The Kier molecular flexibility index (Phi) is 6.59. The number of rotatable bonds is 5. The molecule has 2 aliphatic rings. The fourth-order valence-corrected chi connectivity index (χ4v) is 4.93. The van der Waals surface area contributed by atoms with Crippen LogP contribution in [0.2, 0.25) is 10.0 Å². The van der Waals surface area contributed by atoms with Crippen LogP contribution in [0.5, 0.6) is 0 Å². The molecule has 0 saturated carbocycles. The van der Waals surface area contributed by atoms with Crippen molar-refractivity contribution < 1.29 is 14.3 Å². The zero-order valence-corrected chi connectivity index (χ0v) is 18.7. The molecule has 6 heteroatoms. The van der Waals surface area contributed by atoms with Crippen LogP contribution < -0.4 is 0 Å². The number of carbonyl (C=O) groups excluding carboxylic acids is 2. The van der Waals surface area contributed by atoms with E-state index in [9.17, 15) is 9.59 Å². The van der Waals surface area contributed by atoms with Gasteiger partial charge in [0.25, 0.3) is 0 Å². The van der Waals surface area contributed by atoms with Gasteiger partial charge in [0.1, 0.15) is 5.92 Å². The standard InChI is InChI=1S/C25H23Cl2NO3/c1-15-22(25(30)31-13-12-16-6-3-2-4-7-16)23(18-11-10-17(26)14-19(18)27)24-20(28-15)8-5-9-21(24)29/h2-4,6-7,10-11,14,22-23H,5,8-9,12-13H2,1H3. The first kappa shape index (κ1) is 21.8. The molecule has 0 radical (unpaired) electrons. The number of hydrogen-bond acceptors (Lipinski definition) is 4. The molecule has 1 heterocycles. The van der Waals surface area contributed by atoms with Crippen LogP contribution in [0.1, 0.15) is 43.2 Å². The van der Waals surface area contributed by atoms with Crippen LogP contribution in [-0.4, -0.2) is 24.1 Å². The van der Waals surface area contributed by atoms with Gasteiger partial charge in [-0.25, -0.2) is 0 Å². The SMILES string of the molecule is CC1=NC2=C(C(=O)CCC2)C(c2ccc(Cl)cc2Cl)C1C(=O)OCCc1ccccc1. The quantitative estimate of drug-likeness (QED) is 0.522. The van der Waals surface area contributed by atoms with Gasteiger partial charge in [-0.15, -0.1) is 0 Å². The molecule has 2 aromatic carbocycles. The van der Waals surface area contributed by atoms with E-state index in [1.807, 2.05) is 37.3 Å². The Morgan fingerprint density at radius 3 is 2.65 bits per heavy atom. The highest BCUT2D eigenvalue weighted by molar-refractivity contribution is 6.35. The number of esters is 1. The molecule has 0 spiro atoms. The summed E-state index contributed by atoms with van der Waals surface area (Å²) in [6.07, 6.45) is 2.55. The maximum Gasteiger partial charge on any atom is 0.315 e. The molecular formula is C25H23Cl2NO3. The number of Topliss-reactive ketones (excluding diaryl/α,β-unsaturated/α-hetero) is 1. The molecule has 31 heavy (non-hydrogen) atoms. The summed E-state index contributed by atoms with van der Waals surface area (Å²) in [6, 6.07) is 15.0. The van der Waals surface area contributed by atoms with E-state index in [1.165, 1.54) is 0 Å². The first-order chi connectivity index (χ1) is 15.0. The van der Waals surface area contributed by atoms with Crippen LogP contribution in [0, 0.1) is 5.92 Å². The molecule has 1 aliphatic heterocycles. The largest absolute Gasteiger partial charge is 0.465 e. The Morgan fingerprint density at radius 1 is 1.13 bits per heavy atom. The zero-order valence-electron chi connectivity index (χ0n) is 17.2. The Balaban J connectivity index is 1.66. The molecule has 4 nitrogen and oxygen atoms in total. The lowest BCUT2D eigenvalue weighted by Crippen LogP contribution is -2.37. The number of allylic oxidation sites excluding steroid dienone is 2. The van der Waals surface area contributed by atoms with Crippen molar-refractivity contribution in [2.75, 3.05) is 6.61 Å². The summed E-state index contributed by atoms with van der Waals surface area (Å²) in [5.41, 5.74) is 3.79. The van der Waals surface area contributed by atoms with E-state index in [0.717, 1.165) is 24.1 Å². The molecule has 2 atom stereocenters. The van der Waals surface area contributed by atoms with Gasteiger partial charge in [-0.1, -0.05) is 59.6 Å². The van der Waals surface area contributed by atoms with Crippen molar-refractivity contribution in [1.29, 1.82) is 0 Å². The monoisotopic (exact) mass is 455 g/mol. The lowest BCUT2D eigenvalue weighted by Gasteiger charge is -2.34. The lowest BCUT2D eigenvalue weighted by molar-refractivity contribution is -0.146. The second kappa shape index (κ2) is 9.37. The summed E-state index contributed by atoms with van der Waals surface area (Å²) in [4.78, 5) is 30.8. The van der Waals surface area contributed by atoms with Crippen molar-refractivity contribution in [2.45, 2.75) is 38.5 Å². The zero-order chi connectivity index (χ0) is 22.0. The Morgan fingerprint density at radius 2 is 1.90 bits per heavy atom. The first-order valence-corrected chi connectivity index (χ1v) is 11.2. The molecule has 0 N–H and O–H groups in total. The maximum absolute atomic E-state index is 13.2. The summed E-state index contributed by atoms with van der Waals surface area (Å²) in [5, 5.41) is 0.931. The molecule has 0 fully saturated rings. The van der Waals surface area contributed by atoms with Crippen LogP contribution in [0.3, 0.4) is 0 Å². The van der Waals surface area contributed by atoms with Gasteiger partial charge in [0, 0.05) is 45.8 Å². The minimum absolute atomic E-state index is 0.0237. The van der Waals surface area contributed by atoms with Crippen LogP contribution in [0.15, 0.2) is 64.8 Å². The minimum Gasteiger partial charge on any atom is -0.465 e. The van der Waals surface area contributed by atoms with Crippen LogP contribution in [0.4, 0.5) is 0 Å². The van der Waals surface area contributed by atoms with E-state index in [-0.39, 0.29) is 12.4 Å². The fourth-order valence-electron chi connectivity index (χ4n) is 4.41. The van der Waals surface area contributed by atoms with Crippen molar-refractivity contribution in [1.82, 2.24) is 0 Å². The molecule has 0 amide bonds. The van der Waals surface area contributed by atoms with Crippen LogP contribution >= 0.6 is 23.2 Å². The Hall–Kier alpha value is -2.43. The Bertz CT molecular complexity index is 1080. The molecule has 4 rings (SSSR count). The van der Waals surface area contributed by atoms with Crippen molar-refractivity contribution in [3.63, 3.8) is 0 Å². The maximum atomic E-state index is 13.2. The topological polar surface area (TPSA) is 55.7 Å². The summed E-state index contributed by atoms with van der Waals surface area (Å²) in [5.74, 6) is -1.58. The number of ketones is 1. The summed E-state index contributed by atoms with van der Waals surface area (Å²) >= 11 is 12.6. The second-order valence-electron chi connectivity index (χ2n) is 7.91. The van der Waals surface area contributed by atoms with E-state index >= 15 is 0 Å².